The number of amides is 1. The van der Waals surface area contributed by atoms with Crippen molar-refractivity contribution in [3.05, 3.63) is 65.2 Å². The molecule has 2 atom stereocenters. The van der Waals surface area contributed by atoms with E-state index in [1.807, 2.05) is 30.3 Å². The number of hydrogen-bond donors (Lipinski definition) is 1. The van der Waals surface area contributed by atoms with Crippen LogP contribution in [0, 0.1) is 5.92 Å². The summed E-state index contributed by atoms with van der Waals surface area (Å²) < 4.78 is 27.5. The summed E-state index contributed by atoms with van der Waals surface area (Å²) in [5, 5.41) is 3.57. The average molecular weight is 435 g/mol. The second-order valence-electron chi connectivity index (χ2n) is 7.83. The normalized spacial score (nSPS) is 18.7. The molecule has 1 aliphatic rings. The topological polar surface area (TPSA) is 66.5 Å². The summed E-state index contributed by atoms with van der Waals surface area (Å²) in [4.78, 5) is 13.3. The van der Waals surface area contributed by atoms with Gasteiger partial charge in [-0.2, -0.15) is 4.31 Å². The molecule has 29 heavy (non-hydrogen) atoms. The van der Waals surface area contributed by atoms with Crippen molar-refractivity contribution in [2.45, 2.75) is 50.1 Å². The fourth-order valence-electron chi connectivity index (χ4n) is 3.73. The number of nitrogens with one attached hydrogen (secondary N) is 1. The van der Waals surface area contributed by atoms with E-state index in [1.165, 1.54) is 16.4 Å². The lowest BCUT2D eigenvalue weighted by Gasteiger charge is -2.27. The van der Waals surface area contributed by atoms with Crippen molar-refractivity contribution in [3.8, 4) is 0 Å². The maximum absolute atomic E-state index is 13.1. The largest absolute Gasteiger partial charge is 0.348 e. The van der Waals surface area contributed by atoms with Crippen molar-refractivity contribution in [1.82, 2.24) is 9.62 Å². The zero-order valence-corrected chi connectivity index (χ0v) is 18.3. The zero-order chi connectivity index (χ0) is 21.0. The molecule has 2 aromatic carbocycles. The number of hydrogen-bond acceptors (Lipinski definition) is 3. The number of sulfonamides is 1. The van der Waals surface area contributed by atoms with Gasteiger partial charge in [-0.15, -0.1) is 0 Å². The van der Waals surface area contributed by atoms with Crippen LogP contribution in [0.5, 0.6) is 0 Å². The Labute approximate surface area is 178 Å². The van der Waals surface area contributed by atoms with Crippen LogP contribution in [-0.4, -0.2) is 31.2 Å². The predicted molar refractivity (Wildman–Crippen MR) is 115 cm³/mol. The van der Waals surface area contributed by atoms with Crippen molar-refractivity contribution in [2.75, 3.05) is 6.54 Å². The van der Waals surface area contributed by atoms with Gasteiger partial charge in [0.1, 0.15) is 6.04 Å². The minimum absolute atomic E-state index is 0.149. The van der Waals surface area contributed by atoms with Crippen molar-refractivity contribution >= 4 is 27.5 Å². The molecule has 1 N–H and O–H groups in total. The zero-order valence-electron chi connectivity index (χ0n) is 16.7. The Hall–Kier alpha value is -1.89. The predicted octanol–water partition coefficient (Wildman–Crippen LogP) is 4.40. The van der Waals surface area contributed by atoms with Gasteiger partial charge >= 0.3 is 0 Å². The molecule has 156 valence electrons. The Bertz CT molecular complexity index is 930. The van der Waals surface area contributed by atoms with E-state index in [2.05, 4.69) is 19.2 Å². The Kier molecular flexibility index (Phi) is 6.98. The lowest BCUT2D eigenvalue weighted by molar-refractivity contribution is -0.125. The molecular formula is C22H27ClN2O3S. The van der Waals surface area contributed by atoms with E-state index in [0.29, 0.717) is 30.3 Å². The van der Waals surface area contributed by atoms with Gasteiger partial charge in [0, 0.05) is 11.6 Å². The van der Waals surface area contributed by atoms with Gasteiger partial charge in [-0.3, -0.25) is 4.79 Å². The summed E-state index contributed by atoms with van der Waals surface area (Å²) in [7, 11) is -3.76. The van der Waals surface area contributed by atoms with Crippen LogP contribution < -0.4 is 5.32 Å². The molecule has 1 aliphatic heterocycles. The summed E-state index contributed by atoms with van der Waals surface area (Å²) in [6.07, 6.45) is 1.96. The highest BCUT2D eigenvalue weighted by atomic mass is 35.5. The second kappa shape index (κ2) is 9.28. The van der Waals surface area contributed by atoms with Gasteiger partial charge in [-0.25, -0.2) is 8.42 Å². The van der Waals surface area contributed by atoms with E-state index in [1.54, 1.807) is 12.1 Å². The number of carbonyl (C=O) groups is 1. The molecule has 2 aromatic rings. The first kappa shape index (κ1) is 21.8. The third-order valence-electron chi connectivity index (χ3n) is 5.15. The fraction of sp³-hybridized carbons (Fsp3) is 0.409. The first-order chi connectivity index (χ1) is 13.8. The maximum Gasteiger partial charge on any atom is 0.243 e. The van der Waals surface area contributed by atoms with Crippen LogP contribution in [0.4, 0.5) is 0 Å². The molecular weight excluding hydrogens is 408 g/mol. The molecule has 0 aromatic heterocycles. The molecule has 0 unspecified atom stereocenters. The van der Waals surface area contributed by atoms with Crippen LogP contribution >= 0.6 is 11.6 Å². The van der Waals surface area contributed by atoms with Gasteiger partial charge in [-0.1, -0.05) is 55.8 Å². The Morgan fingerprint density at radius 3 is 2.41 bits per heavy atom. The minimum Gasteiger partial charge on any atom is -0.348 e. The standard InChI is InChI=1S/C22H27ClN2O3S/c1-16(2)15-20(17-7-4-3-5-8-17)24-22(26)21-9-6-14-25(21)29(27,28)19-12-10-18(23)11-13-19/h3-5,7-8,10-13,16,20-21H,6,9,14-15H2,1-2H3,(H,24,26)/t20-,21+/m0/s1. The SMILES string of the molecule is CC(C)C[C@H](NC(=O)[C@H]1CCCN1S(=O)(=O)c1ccc(Cl)cc1)c1ccccc1. The van der Waals surface area contributed by atoms with Gasteiger partial charge in [0.05, 0.1) is 10.9 Å². The van der Waals surface area contributed by atoms with Gasteiger partial charge in [0.25, 0.3) is 0 Å². The highest BCUT2D eigenvalue weighted by molar-refractivity contribution is 7.89. The average Bonchev–Trinajstić information content (AvgIpc) is 3.19. The molecule has 0 radical (unpaired) electrons. The van der Waals surface area contributed by atoms with Crippen molar-refractivity contribution < 1.29 is 13.2 Å². The molecule has 1 heterocycles. The number of carbonyl (C=O) groups excluding carboxylic acids is 1. The molecule has 0 saturated carbocycles. The molecule has 1 fully saturated rings. The number of benzene rings is 2. The van der Waals surface area contributed by atoms with Crippen LogP contribution in [0.3, 0.4) is 0 Å². The highest BCUT2D eigenvalue weighted by Crippen LogP contribution is 2.28. The van der Waals surface area contributed by atoms with E-state index in [9.17, 15) is 13.2 Å². The van der Waals surface area contributed by atoms with E-state index >= 15 is 0 Å². The maximum atomic E-state index is 13.1. The summed E-state index contributed by atoms with van der Waals surface area (Å²) in [5.41, 5.74) is 1.03. The first-order valence-corrected chi connectivity index (χ1v) is 11.7. The summed E-state index contributed by atoms with van der Waals surface area (Å²) in [6, 6.07) is 15.0. The van der Waals surface area contributed by atoms with Crippen LogP contribution in [0.2, 0.25) is 5.02 Å². The minimum atomic E-state index is -3.76. The second-order valence-corrected chi connectivity index (χ2v) is 10.2. The van der Waals surface area contributed by atoms with E-state index in [4.69, 9.17) is 11.6 Å². The quantitative estimate of drug-likeness (QED) is 0.702. The monoisotopic (exact) mass is 434 g/mol. The van der Waals surface area contributed by atoms with Crippen LogP contribution in [0.1, 0.15) is 44.7 Å². The van der Waals surface area contributed by atoms with E-state index < -0.39 is 16.1 Å². The van der Waals surface area contributed by atoms with Crippen LogP contribution in [0.15, 0.2) is 59.5 Å². The van der Waals surface area contributed by atoms with E-state index in [-0.39, 0.29) is 16.8 Å². The molecule has 0 aliphatic carbocycles. The summed E-state index contributed by atoms with van der Waals surface area (Å²) >= 11 is 5.88. The molecule has 0 bridgehead atoms. The molecule has 1 saturated heterocycles. The van der Waals surface area contributed by atoms with E-state index in [0.717, 1.165) is 12.0 Å². The lowest BCUT2D eigenvalue weighted by atomic mass is 9.96. The number of rotatable bonds is 7. The smallest absolute Gasteiger partial charge is 0.243 e. The third kappa shape index (κ3) is 5.18. The Morgan fingerprint density at radius 2 is 1.79 bits per heavy atom. The first-order valence-electron chi connectivity index (χ1n) is 9.92. The molecule has 5 nitrogen and oxygen atoms in total. The lowest BCUT2D eigenvalue weighted by Crippen LogP contribution is -2.46. The molecule has 0 spiro atoms. The Morgan fingerprint density at radius 1 is 1.14 bits per heavy atom. The molecule has 3 rings (SSSR count). The van der Waals surface area contributed by atoms with Crippen molar-refractivity contribution in [2.24, 2.45) is 5.92 Å². The Balaban J connectivity index is 1.80. The molecule has 7 heteroatoms. The molecule has 1 amide bonds. The van der Waals surface area contributed by atoms with Crippen molar-refractivity contribution in [3.63, 3.8) is 0 Å². The van der Waals surface area contributed by atoms with Gasteiger partial charge in [0.15, 0.2) is 0 Å². The number of halogens is 1. The highest BCUT2D eigenvalue weighted by Gasteiger charge is 2.40. The van der Waals surface area contributed by atoms with Crippen molar-refractivity contribution in [1.29, 1.82) is 0 Å². The van der Waals surface area contributed by atoms with Gasteiger partial charge in [-0.05, 0) is 55.0 Å². The van der Waals surface area contributed by atoms with Crippen LogP contribution in [-0.2, 0) is 14.8 Å². The number of nitrogens with zero attached hydrogens (tertiary/aromatic N) is 1. The van der Waals surface area contributed by atoms with Gasteiger partial charge in [0.2, 0.25) is 15.9 Å². The summed E-state index contributed by atoms with van der Waals surface area (Å²) in [5.74, 6) is 0.146. The van der Waals surface area contributed by atoms with Gasteiger partial charge < -0.3 is 5.32 Å². The third-order valence-corrected chi connectivity index (χ3v) is 7.33. The van der Waals surface area contributed by atoms with Crippen LogP contribution in [0.25, 0.3) is 0 Å². The summed E-state index contributed by atoms with van der Waals surface area (Å²) in [6.45, 7) is 4.55. The fourth-order valence-corrected chi connectivity index (χ4v) is 5.52.